The van der Waals surface area contributed by atoms with Crippen molar-refractivity contribution in [3.05, 3.63) is 348 Å². The summed E-state index contributed by atoms with van der Waals surface area (Å²) in [6, 6.07) is 104. The van der Waals surface area contributed by atoms with E-state index in [1.54, 1.807) is 0 Å². The summed E-state index contributed by atoms with van der Waals surface area (Å²) < 4.78 is 6.62. The molecule has 9 heterocycles. The molecule has 10 aromatic carbocycles. The molecule has 137 heavy (non-hydrogen) atoms. The van der Waals surface area contributed by atoms with Crippen LogP contribution in [-0.2, 0) is 119 Å². The third-order valence-corrected chi connectivity index (χ3v) is 26.2. The average molecular weight is 2360 g/mol. The Morgan fingerprint density at radius 1 is 0.255 bits per heavy atom. The van der Waals surface area contributed by atoms with Crippen LogP contribution in [0.1, 0.15) is 211 Å². The van der Waals surface area contributed by atoms with Crippen molar-refractivity contribution < 1.29 is 73.4 Å². The van der Waals surface area contributed by atoms with Crippen LogP contribution in [-0.4, -0.2) is 53.8 Å². The van der Waals surface area contributed by atoms with Gasteiger partial charge in [-0.3, -0.25) is 0 Å². The first-order chi connectivity index (χ1) is 63.2. The summed E-state index contributed by atoms with van der Waals surface area (Å²) in [7, 11) is 0. The van der Waals surface area contributed by atoms with E-state index in [0.717, 1.165) is 178 Å². The fourth-order valence-corrected chi connectivity index (χ4v) is 18.4. The van der Waals surface area contributed by atoms with Crippen molar-refractivity contribution in [2.45, 2.75) is 214 Å². The van der Waals surface area contributed by atoms with Crippen LogP contribution >= 0.6 is 0 Å². The Hall–Kier alpha value is -11.6. The van der Waals surface area contributed by atoms with Crippen LogP contribution in [0.2, 0.25) is 0 Å². The molecule has 704 valence electrons. The molecule has 2 N–H and O–H groups in total. The summed E-state index contributed by atoms with van der Waals surface area (Å²) in [5.41, 5.74) is 29.3. The Bertz CT molecular complexity index is 7740. The summed E-state index contributed by atoms with van der Waals surface area (Å²) in [4.78, 5) is 31.0. The molecule has 19 aromatic rings. The molecule has 0 fully saturated rings. The van der Waals surface area contributed by atoms with E-state index < -0.39 is 0 Å². The molecule has 0 amide bonds. The number of aromatic hydroxyl groups is 2. The third-order valence-electron chi connectivity index (χ3n) is 25.7. The van der Waals surface area contributed by atoms with Gasteiger partial charge in [-0.2, -0.15) is 4.90 Å². The molecule has 0 saturated heterocycles. The minimum absolute atomic E-state index is 0. The molecule has 19 rings (SSSR count). The van der Waals surface area contributed by atoms with Gasteiger partial charge in [-0.25, -0.2) is 15.0 Å². The molecule has 9 aromatic heterocycles. The molecule has 11 nitrogen and oxygen atoms in total. The van der Waals surface area contributed by atoms with E-state index in [2.05, 4.69) is 428 Å². The van der Waals surface area contributed by atoms with Gasteiger partial charge in [-0.1, -0.05) is 305 Å². The van der Waals surface area contributed by atoms with Crippen molar-refractivity contribution in [2.24, 2.45) is 0 Å². The standard InChI is InChI=1S/C42H38N3O.C40H42N3O.C40H42N3S.3Pt/c1-41(2,3)30-25-34(39(46)35(26-30)42(4,5)6)36-20-19-33-32-17-10-11-18-38(32)45(40(33)44-36)31-16-12-15-29(23-31)37-24-28(21-22-43-37)27-13-8-7-9-14-27;1-38(2,3)26-19-20-41-34(24-26)25-13-12-14-28(21-25)43-35-16-11-10-15-29(35)30-17-18-33(42-37(30)43)31-22-27(39(4,5)6)23-32(36(31)44)40(7,8)9;1-38(2,3)26-20-25(33-15-12-13-19-41-33)21-28(22-26)43-35-16-11-10-14-29(35)30-17-18-34(42-37(30)43)31-23-27(39(4,5)6)24-32(36(31)44)40(7,8)9;;;/h7-22,24-26,46H,1-6H3;2*10-20,22-24,44H,1-9H3;;;/q3*-1;;;+2/p-1. The number of rotatable bonds is 10. The van der Waals surface area contributed by atoms with Gasteiger partial charge in [0.15, 0.2) is 0 Å². The largest absolute Gasteiger partial charge is 2.00 e. The number of para-hydroxylation sites is 3. The van der Waals surface area contributed by atoms with Gasteiger partial charge in [0.05, 0.1) is 33.6 Å². The molecule has 0 aliphatic rings. The zero-order chi connectivity index (χ0) is 95.4. The molecule has 0 saturated carbocycles. The minimum Gasteiger partial charge on any atom is -0.779 e. The number of fused-ring (bicyclic) bond motifs is 9. The van der Waals surface area contributed by atoms with Crippen molar-refractivity contribution in [1.82, 2.24) is 43.6 Å². The van der Waals surface area contributed by atoms with E-state index in [1.807, 2.05) is 61.1 Å². The molecule has 0 aliphatic heterocycles. The Morgan fingerprint density at radius 3 is 1.03 bits per heavy atom. The maximum absolute atomic E-state index is 11.7. The zero-order valence-electron chi connectivity index (χ0n) is 82.9. The smallest absolute Gasteiger partial charge is 0.779 e. The summed E-state index contributed by atoms with van der Waals surface area (Å²) in [6.45, 7) is 52.9. The summed E-state index contributed by atoms with van der Waals surface area (Å²) in [5.74, 6) is 0.575. The van der Waals surface area contributed by atoms with Crippen LogP contribution in [0.5, 0.6) is 11.5 Å². The Balaban J connectivity index is 0.000000163. The van der Waals surface area contributed by atoms with Gasteiger partial charge in [0.25, 0.3) is 0 Å². The maximum Gasteiger partial charge on any atom is 2.00 e. The molecule has 0 atom stereocenters. The maximum atomic E-state index is 11.7. The van der Waals surface area contributed by atoms with Crippen LogP contribution in [0.4, 0.5) is 0 Å². The fraction of sp³-hybridized carbons (Fsp3) is 0.262. The van der Waals surface area contributed by atoms with E-state index in [9.17, 15) is 10.2 Å². The van der Waals surface area contributed by atoms with Crippen molar-refractivity contribution in [1.29, 1.82) is 0 Å². The van der Waals surface area contributed by atoms with Crippen LogP contribution in [0.15, 0.2) is 290 Å². The number of nitrogens with zero attached hydrogens (tertiary/aromatic N) is 9. The Labute approximate surface area is 857 Å². The second-order valence-corrected chi connectivity index (χ2v) is 44.4. The van der Waals surface area contributed by atoms with Gasteiger partial charge >= 0.3 is 21.1 Å². The average Bonchev–Trinajstić information content (AvgIpc) is 1.63. The molecular weight excluding hydrogens is 2240 g/mol. The van der Waals surface area contributed by atoms with Crippen molar-refractivity contribution in [3.8, 4) is 107 Å². The first-order valence-electron chi connectivity index (χ1n) is 46.6. The topological polar surface area (TPSA) is 133 Å². The second-order valence-electron chi connectivity index (χ2n) is 44.0. The number of pyridine rings is 6. The number of hydrogen-bond acceptors (Lipinski definition) is 9. The van der Waals surface area contributed by atoms with Crippen LogP contribution in [0.3, 0.4) is 0 Å². The number of aromatic nitrogens is 9. The quantitative estimate of drug-likeness (QED) is 0.101. The predicted octanol–water partition coefficient (Wildman–Crippen LogP) is 31.5. The van der Waals surface area contributed by atoms with Gasteiger partial charge in [0, 0.05) is 115 Å². The van der Waals surface area contributed by atoms with E-state index in [1.165, 1.54) is 33.4 Å². The summed E-state index contributed by atoms with van der Waals surface area (Å²) in [5, 5.41) is 29.9. The predicted molar refractivity (Wildman–Crippen MR) is 562 cm³/mol. The van der Waals surface area contributed by atoms with Crippen LogP contribution in [0.25, 0.3) is 162 Å². The summed E-state index contributed by atoms with van der Waals surface area (Å²) in [6.07, 6.45) is 5.58. The Kier molecular flexibility index (Phi) is 28.6. The van der Waals surface area contributed by atoms with Gasteiger partial charge in [-0.05, 0) is 201 Å². The molecule has 0 unspecified atom stereocenters. The van der Waals surface area contributed by atoms with E-state index in [4.69, 9.17) is 37.5 Å². The number of hydrogen-bond donors (Lipinski definition) is 2. The molecule has 0 aliphatic carbocycles. The van der Waals surface area contributed by atoms with E-state index in [0.29, 0.717) is 5.75 Å². The Morgan fingerprint density at radius 2 is 0.613 bits per heavy atom. The zero-order valence-corrected chi connectivity index (χ0v) is 90.5. The molecule has 15 heteroatoms. The van der Waals surface area contributed by atoms with E-state index >= 15 is 0 Å². The molecule has 0 radical (unpaired) electrons. The fourth-order valence-electron chi connectivity index (χ4n) is 17.9. The van der Waals surface area contributed by atoms with Crippen molar-refractivity contribution in [2.75, 3.05) is 0 Å². The van der Waals surface area contributed by atoms with Crippen LogP contribution < -0.4 is 0 Å². The second kappa shape index (κ2) is 38.6. The van der Waals surface area contributed by atoms with Crippen molar-refractivity contribution in [3.63, 3.8) is 0 Å². The molecule has 0 spiro atoms. The first kappa shape index (κ1) is 101. The number of phenols is 2. The minimum atomic E-state index is -0.236. The van der Waals surface area contributed by atoms with Crippen molar-refractivity contribution >= 4 is 78.4 Å². The van der Waals surface area contributed by atoms with Gasteiger partial charge in [0.1, 0.15) is 28.4 Å². The van der Waals surface area contributed by atoms with E-state index in [-0.39, 0.29) is 112 Å². The first-order valence-corrected chi connectivity index (χ1v) is 47.0. The monoisotopic (exact) mass is 2360 g/mol. The summed E-state index contributed by atoms with van der Waals surface area (Å²) >= 11 is 6.19. The van der Waals surface area contributed by atoms with Gasteiger partial charge in [0.2, 0.25) is 0 Å². The SMILES string of the molecule is CC(C)(C)c1cc(-c2ccc3c4ccccc4n(-c4[c-]c(-c5cc(-c6ccccc6)ccn5)ccc4)c3n2)c(O)c(C(C)(C)C)c1.CC(C)(C)c1cc(-c2ccccn2)[c-]c(-n2c3ccccc3c3ccc(-c4cc(C(C)(C)C)cc(C(C)(C)C)c4[S-])nc32)c1.CC(C)(C)c1ccnc(-c2[c-]c(-n3c4ccccc4c4ccc(-c5cc(C(C)(C)C)cc(C(C)(C)C)c5O)nc43)ccc2)c1.[Pt+2].[Pt].[Pt]. The molecular formula is C122H121N9O2Pt3S-2. The van der Waals surface area contributed by atoms with Gasteiger partial charge in [-0.15, -0.1) is 89.0 Å². The number of benzene rings is 10. The van der Waals surface area contributed by atoms with Gasteiger partial charge < -0.3 is 51.5 Å². The number of phenolic OH excluding ortho intramolecular Hbond substituents is 2. The normalized spacial score (nSPS) is 12.3. The molecule has 0 bridgehead atoms. The van der Waals surface area contributed by atoms with Crippen LogP contribution in [0, 0.1) is 18.2 Å². The third kappa shape index (κ3) is 20.6.